The third-order valence-electron chi connectivity index (χ3n) is 6.10. The summed E-state index contributed by atoms with van der Waals surface area (Å²) in [6.07, 6.45) is 5.20. The largest absolute Gasteiger partial charge is 0.490 e. The van der Waals surface area contributed by atoms with Crippen molar-refractivity contribution in [1.29, 1.82) is 0 Å². The lowest BCUT2D eigenvalue weighted by molar-refractivity contribution is 0.0692. The number of carbonyl (C=O) groups is 1. The Morgan fingerprint density at radius 1 is 1.00 bits per heavy atom. The van der Waals surface area contributed by atoms with Crippen molar-refractivity contribution in [2.24, 2.45) is 0 Å². The molecule has 0 unspecified atom stereocenters. The van der Waals surface area contributed by atoms with E-state index in [4.69, 9.17) is 9.47 Å². The van der Waals surface area contributed by atoms with E-state index < -0.39 is 10.2 Å². The van der Waals surface area contributed by atoms with Crippen LogP contribution in [-0.4, -0.2) is 80.3 Å². The Bertz CT molecular complexity index is 847. The monoisotopic (exact) mass is 453 g/mol. The summed E-state index contributed by atoms with van der Waals surface area (Å²) in [6.45, 7) is 6.12. The van der Waals surface area contributed by atoms with Gasteiger partial charge in [-0.15, -0.1) is 0 Å². The third-order valence-corrected chi connectivity index (χ3v) is 8.14. The minimum absolute atomic E-state index is 0.0826. The van der Waals surface area contributed by atoms with Crippen LogP contribution in [0.1, 0.15) is 56.3 Å². The van der Waals surface area contributed by atoms with Gasteiger partial charge in [0.15, 0.2) is 11.5 Å². The number of amides is 1. The predicted molar refractivity (Wildman–Crippen MR) is 120 cm³/mol. The molecule has 2 aliphatic rings. The molecule has 1 saturated heterocycles. The summed E-state index contributed by atoms with van der Waals surface area (Å²) in [7, 11) is -1.82. The fourth-order valence-electron chi connectivity index (χ4n) is 4.30. The molecule has 2 fully saturated rings. The van der Waals surface area contributed by atoms with Crippen LogP contribution in [0.2, 0.25) is 0 Å². The van der Waals surface area contributed by atoms with Gasteiger partial charge in [0, 0.05) is 44.8 Å². The van der Waals surface area contributed by atoms with Crippen LogP contribution in [0.5, 0.6) is 11.5 Å². The van der Waals surface area contributed by atoms with E-state index in [2.05, 4.69) is 0 Å². The molecular weight excluding hydrogens is 418 g/mol. The Hall–Kier alpha value is -1.84. The second-order valence-electron chi connectivity index (χ2n) is 8.03. The van der Waals surface area contributed by atoms with Crippen molar-refractivity contribution in [2.75, 3.05) is 46.4 Å². The van der Waals surface area contributed by atoms with Gasteiger partial charge in [0.25, 0.3) is 16.1 Å². The first-order valence-corrected chi connectivity index (χ1v) is 12.7. The highest BCUT2D eigenvalue weighted by Crippen LogP contribution is 2.29. The summed E-state index contributed by atoms with van der Waals surface area (Å²) in [5, 5.41) is 0. The fourth-order valence-corrected chi connectivity index (χ4v) is 5.88. The molecule has 0 aromatic heterocycles. The van der Waals surface area contributed by atoms with Crippen molar-refractivity contribution in [3.8, 4) is 11.5 Å². The van der Waals surface area contributed by atoms with Gasteiger partial charge < -0.3 is 14.4 Å². The molecule has 174 valence electrons. The van der Waals surface area contributed by atoms with E-state index in [1.54, 1.807) is 34.5 Å². The van der Waals surface area contributed by atoms with Crippen LogP contribution in [0.15, 0.2) is 18.2 Å². The molecule has 1 aliphatic carbocycles. The van der Waals surface area contributed by atoms with E-state index in [9.17, 15) is 13.2 Å². The minimum Gasteiger partial charge on any atom is -0.490 e. The number of ether oxygens (including phenoxy) is 2. The molecule has 1 aromatic carbocycles. The van der Waals surface area contributed by atoms with Gasteiger partial charge in [-0.3, -0.25) is 4.79 Å². The second-order valence-corrected chi connectivity index (χ2v) is 10.0. The zero-order valence-electron chi connectivity index (χ0n) is 18.9. The SMILES string of the molecule is CCOc1ccc(C(=O)N2CCN(S(=O)(=O)N(C)C3CCCCC3)CC2)cc1OCC. The van der Waals surface area contributed by atoms with Gasteiger partial charge in [-0.25, -0.2) is 0 Å². The van der Waals surface area contributed by atoms with Crippen molar-refractivity contribution >= 4 is 16.1 Å². The molecule has 1 aliphatic heterocycles. The van der Waals surface area contributed by atoms with Crippen molar-refractivity contribution in [1.82, 2.24) is 13.5 Å². The summed E-state index contributed by atoms with van der Waals surface area (Å²) in [5.41, 5.74) is 0.516. The number of piperazine rings is 1. The second kappa shape index (κ2) is 10.7. The van der Waals surface area contributed by atoms with Crippen LogP contribution >= 0.6 is 0 Å². The number of hydrogen-bond donors (Lipinski definition) is 0. The number of rotatable bonds is 8. The number of nitrogens with zero attached hydrogens (tertiary/aromatic N) is 3. The lowest BCUT2D eigenvalue weighted by Gasteiger charge is -2.38. The Morgan fingerprint density at radius 2 is 1.61 bits per heavy atom. The van der Waals surface area contributed by atoms with Gasteiger partial charge in [0.1, 0.15) is 0 Å². The van der Waals surface area contributed by atoms with E-state index in [1.807, 2.05) is 13.8 Å². The number of hydrogen-bond acceptors (Lipinski definition) is 5. The highest BCUT2D eigenvalue weighted by Gasteiger charge is 2.35. The molecule has 0 bridgehead atoms. The van der Waals surface area contributed by atoms with Gasteiger partial charge >= 0.3 is 0 Å². The average molecular weight is 454 g/mol. The summed E-state index contributed by atoms with van der Waals surface area (Å²) >= 11 is 0. The van der Waals surface area contributed by atoms with Crippen molar-refractivity contribution in [3.63, 3.8) is 0 Å². The number of carbonyl (C=O) groups excluding carboxylic acids is 1. The van der Waals surface area contributed by atoms with E-state index in [-0.39, 0.29) is 11.9 Å². The standard InChI is InChI=1S/C22H35N3O5S/c1-4-29-20-12-11-18(17-21(20)30-5-2)22(26)24-13-15-25(16-14-24)31(27,28)23(3)19-9-7-6-8-10-19/h11-12,17,19H,4-10,13-16H2,1-3H3. The summed E-state index contributed by atoms with van der Waals surface area (Å²) in [5.74, 6) is 1.04. The van der Waals surface area contributed by atoms with Crippen molar-refractivity contribution < 1.29 is 22.7 Å². The Kier molecular flexibility index (Phi) is 8.18. The maximum Gasteiger partial charge on any atom is 0.282 e. The van der Waals surface area contributed by atoms with Gasteiger partial charge in [-0.2, -0.15) is 17.0 Å². The highest BCUT2D eigenvalue weighted by atomic mass is 32.2. The van der Waals surface area contributed by atoms with Crippen molar-refractivity contribution in [3.05, 3.63) is 23.8 Å². The van der Waals surface area contributed by atoms with Crippen LogP contribution in [0.3, 0.4) is 0 Å². The maximum absolute atomic E-state index is 13.1. The minimum atomic E-state index is -3.51. The van der Waals surface area contributed by atoms with Crippen LogP contribution < -0.4 is 9.47 Å². The van der Waals surface area contributed by atoms with Crippen LogP contribution in [0.25, 0.3) is 0 Å². The molecule has 1 saturated carbocycles. The summed E-state index contributed by atoms with van der Waals surface area (Å²) in [4.78, 5) is 14.7. The molecule has 9 heteroatoms. The van der Waals surface area contributed by atoms with E-state index in [0.29, 0.717) is 56.5 Å². The molecular formula is C22H35N3O5S. The number of benzene rings is 1. The van der Waals surface area contributed by atoms with Crippen LogP contribution in [0.4, 0.5) is 0 Å². The molecule has 3 rings (SSSR count). The molecule has 0 radical (unpaired) electrons. The Morgan fingerprint density at radius 3 is 2.23 bits per heavy atom. The fraction of sp³-hybridized carbons (Fsp3) is 0.682. The maximum atomic E-state index is 13.1. The Balaban J connectivity index is 1.63. The molecule has 0 spiro atoms. The quantitative estimate of drug-likeness (QED) is 0.605. The summed E-state index contributed by atoms with van der Waals surface area (Å²) in [6, 6.07) is 5.27. The van der Waals surface area contributed by atoms with Crippen LogP contribution in [-0.2, 0) is 10.2 Å². The lowest BCUT2D eigenvalue weighted by atomic mass is 9.96. The average Bonchev–Trinajstić information content (AvgIpc) is 2.80. The molecule has 1 amide bonds. The normalized spacial score (nSPS) is 18.9. The topological polar surface area (TPSA) is 79.4 Å². The molecule has 1 aromatic rings. The van der Waals surface area contributed by atoms with E-state index >= 15 is 0 Å². The Labute approximate surface area is 186 Å². The van der Waals surface area contributed by atoms with Crippen molar-refractivity contribution in [2.45, 2.75) is 52.0 Å². The molecule has 0 N–H and O–H groups in total. The smallest absolute Gasteiger partial charge is 0.282 e. The highest BCUT2D eigenvalue weighted by molar-refractivity contribution is 7.86. The van der Waals surface area contributed by atoms with Gasteiger partial charge in [-0.1, -0.05) is 19.3 Å². The molecule has 1 heterocycles. The summed E-state index contributed by atoms with van der Waals surface area (Å²) < 4.78 is 40.4. The lowest BCUT2D eigenvalue weighted by Crippen LogP contribution is -2.55. The zero-order chi connectivity index (χ0) is 22.4. The van der Waals surface area contributed by atoms with E-state index in [0.717, 1.165) is 25.7 Å². The van der Waals surface area contributed by atoms with Gasteiger partial charge in [0.2, 0.25) is 0 Å². The molecule has 0 atom stereocenters. The molecule has 31 heavy (non-hydrogen) atoms. The first-order chi connectivity index (χ1) is 14.9. The van der Waals surface area contributed by atoms with Gasteiger partial charge in [0.05, 0.1) is 13.2 Å². The predicted octanol–water partition coefficient (Wildman–Crippen LogP) is 2.75. The van der Waals surface area contributed by atoms with E-state index in [1.165, 1.54) is 10.7 Å². The van der Waals surface area contributed by atoms with Crippen LogP contribution in [0, 0.1) is 0 Å². The third kappa shape index (κ3) is 5.51. The van der Waals surface area contributed by atoms with Gasteiger partial charge in [-0.05, 0) is 44.9 Å². The zero-order valence-corrected chi connectivity index (χ0v) is 19.7. The molecule has 8 nitrogen and oxygen atoms in total. The first-order valence-electron chi connectivity index (χ1n) is 11.3. The first kappa shape index (κ1) is 23.8.